The molecule has 1 heterocycles. The number of H-pyrrole nitrogens is 1. The van der Waals surface area contributed by atoms with E-state index < -0.39 is 0 Å². The Morgan fingerprint density at radius 1 is 1.50 bits per heavy atom. The van der Waals surface area contributed by atoms with Gasteiger partial charge in [-0.3, -0.25) is 5.10 Å². The van der Waals surface area contributed by atoms with E-state index in [9.17, 15) is 0 Å². The molecule has 0 atom stereocenters. The summed E-state index contributed by atoms with van der Waals surface area (Å²) in [5.41, 5.74) is 3.34. The lowest BCUT2D eigenvalue weighted by molar-refractivity contribution is 0.299. The summed E-state index contributed by atoms with van der Waals surface area (Å²) in [4.78, 5) is 0. The molecule has 0 saturated carbocycles. The predicted octanol–water partition coefficient (Wildman–Crippen LogP) is 1.38. The summed E-state index contributed by atoms with van der Waals surface area (Å²) >= 11 is 0. The van der Waals surface area contributed by atoms with Gasteiger partial charge in [0, 0.05) is 12.3 Å². The summed E-state index contributed by atoms with van der Waals surface area (Å²) in [6, 6.07) is 0. The number of rotatable bonds is 3. The number of aromatic nitrogens is 2. The van der Waals surface area contributed by atoms with Gasteiger partial charge in [-0.1, -0.05) is 13.8 Å². The minimum atomic E-state index is 0.195. The van der Waals surface area contributed by atoms with Crippen LogP contribution in [0.2, 0.25) is 0 Å². The van der Waals surface area contributed by atoms with Gasteiger partial charge in [0.05, 0.1) is 5.69 Å². The van der Waals surface area contributed by atoms with Crippen molar-refractivity contribution in [3.05, 3.63) is 17.0 Å². The molecule has 0 unspecified atom stereocenters. The van der Waals surface area contributed by atoms with E-state index in [1.54, 1.807) is 0 Å². The second-order valence-electron chi connectivity index (χ2n) is 3.33. The van der Waals surface area contributed by atoms with Crippen molar-refractivity contribution < 1.29 is 5.11 Å². The molecule has 0 fully saturated rings. The van der Waals surface area contributed by atoms with Crippen LogP contribution in [0.5, 0.6) is 0 Å². The van der Waals surface area contributed by atoms with Crippen LogP contribution in [-0.4, -0.2) is 21.9 Å². The Hall–Kier alpha value is -0.830. The molecule has 1 aromatic rings. The molecule has 0 aliphatic carbocycles. The largest absolute Gasteiger partial charge is 0.396 e. The number of aliphatic hydroxyl groups is 1. The first kappa shape index (κ1) is 9.26. The molecule has 0 bridgehead atoms. The van der Waals surface area contributed by atoms with E-state index >= 15 is 0 Å². The fraction of sp³-hybridized carbons (Fsp3) is 0.667. The van der Waals surface area contributed by atoms with Crippen molar-refractivity contribution in [2.45, 2.75) is 33.1 Å². The number of aryl methyl sites for hydroxylation is 1. The first-order valence-corrected chi connectivity index (χ1v) is 4.31. The fourth-order valence-electron chi connectivity index (χ4n) is 1.38. The van der Waals surface area contributed by atoms with E-state index in [4.69, 9.17) is 5.11 Å². The average molecular weight is 168 g/mol. The summed E-state index contributed by atoms with van der Waals surface area (Å²) in [7, 11) is 0. The number of hydrogen-bond acceptors (Lipinski definition) is 2. The Labute approximate surface area is 72.8 Å². The number of hydrogen-bond donors (Lipinski definition) is 2. The number of aromatic amines is 1. The van der Waals surface area contributed by atoms with E-state index in [1.807, 2.05) is 6.92 Å². The van der Waals surface area contributed by atoms with Gasteiger partial charge in [0.15, 0.2) is 0 Å². The molecule has 0 amide bonds. The monoisotopic (exact) mass is 168 g/mol. The third kappa shape index (κ3) is 1.67. The fourth-order valence-corrected chi connectivity index (χ4v) is 1.38. The molecular weight excluding hydrogens is 152 g/mol. The van der Waals surface area contributed by atoms with Crippen LogP contribution in [-0.2, 0) is 6.42 Å². The Kier molecular flexibility index (Phi) is 2.87. The molecule has 1 aromatic heterocycles. The van der Waals surface area contributed by atoms with Gasteiger partial charge in [-0.25, -0.2) is 0 Å². The third-order valence-corrected chi connectivity index (χ3v) is 2.05. The minimum absolute atomic E-state index is 0.195. The molecule has 0 aliphatic rings. The Morgan fingerprint density at radius 2 is 2.17 bits per heavy atom. The maximum atomic E-state index is 8.83. The van der Waals surface area contributed by atoms with Crippen molar-refractivity contribution in [3.8, 4) is 0 Å². The quantitative estimate of drug-likeness (QED) is 0.716. The topological polar surface area (TPSA) is 48.9 Å². The Bertz CT molecular complexity index is 253. The van der Waals surface area contributed by atoms with E-state index in [1.165, 1.54) is 5.56 Å². The van der Waals surface area contributed by atoms with Gasteiger partial charge < -0.3 is 5.11 Å². The zero-order valence-electron chi connectivity index (χ0n) is 7.89. The summed E-state index contributed by atoms with van der Waals surface area (Å²) in [5.74, 6) is 0.452. The minimum Gasteiger partial charge on any atom is -0.396 e. The maximum Gasteiger partial charge on any atom is 0.0627 e. The summed E-state index contributed by atoms with van der Waals surface area (Å²) in [5, 5.41) is 15.9. The van der Waals surface area contributed by atoms with Crippen LogP contribution in [0.4, 0.5) is 0 Å². The van der Waals surface area contributed by atoms with Gasteiger partial charge in [0.1, 0.15) is 0 Å². The molecule has 0 radical (unpaired) electrons. The maximum absolute atomic E-state index is 8.83. The van der Waals surface area contributed by atoms with Crippen molar-refractivity contribution in [1.82, 2.24) is 10.2 Å². The van der Waals surface area contributed by atoms with Crippen LogP contribution in [0, 0.1) is 6.92 Å². The lowest BCUT2D eigenvalue weighted by Gasteiger charge is -2.04. The van der Waals surface area contributed by atoms with Crippen LogP contribution in [0.15, 0.2) is 0 Å². The first-order valence-electron chi connectivity index (χ1n) is 4.31. The zero-order valence-corrected chi connectivity index (χ0v) is 7.89. The molecule has 0 spiro atoms. The highest BCUT2D eigenvalue weighted by Gasteiger charge is 2.11. The molecule has 68 valence electrons. The van der Waals surface area contributed by atoms with Gasteiger partial charge in [0.2, 0.25) is 0 Å². The summed E-state index contributed by atoms with van der Waals surface area (Å²) in [6.45, 7) is 6.40. The van der Waals surface area contributed by atoms with Gasteiger partial charge in [-0.2, -0.15) is 5.10 Å². The van der Waals surface area contributed by atoms with Crippen LogP contribution in [0.25, 0.3) is 0 Å². The van der Waals surface area contributed by atoms with Crippen molar-refractivity contribution in [1.29, 1.82) is 0 Å². The number of aliphatic hydroxyl groups excluding tert-OH is 1. The molecule has 0 aliphatic heterocycles. The summed E-state index contributed by atoms with van der Waals surface area (Å²) < 4.78 is 0. The van der Waals surface area contributed by atoms with Gasteiger partial charge in [-0.05, 0) is 24.8 Å². The lowest BCUT2D eigenvalue weighted by atomic mass is 10.0. The highest BCUT2D eigenvalue weighted by atomic mass is 16.2. The second-order valence-corrected chi connectivity index (χ2v) is 3.33. The molecule has 12 heavy (non-hydrogen) atoms. The molecule has 3 heteroatoms. The highest BCUT2D eigenvalue weighted by molar-refractivity contribution is 5.26. The Morgan fingerprint density at radius 3 is 2.67 bits per heavy atom. The predicted molar refractivity (Wildman–Crippen MR) is 48.2 cm³/mol. The first-order chi connectivity index (χ1) is 5.66. The second kappa shape index (κ2) is 3.72. The van der Waals surface area contributed by atoms with Crippen molar-refractivity contribution >= 4 is 0 Å². The smallest absolute Gasteiger partial charge is 0.0627 e. The van der Waals surface area contributed by atoms with E-state index in [-0.39, 0.29) is 6.61 Å². The number of nitrogens with zero attached hydrogens (tertiary/aromatic N) is 1. The molecular formula is C9H16N2O. The van der Waals surface area contributed by atoms with Crippen LogP contribution >= 0.6 is 0 Å². The highest BCUT2D eigenvalue weighted by Crippen LogP contribution is 2.19. The van der Waals surface area contributed by atoms with Gasteiger partial charge in [-0.15, -0.1) is 0 Å². The van der Waals surface area contributed by atoms with E-state index in [2.05, 4.69) is 24.0 Å². The van der Waals surface area contributed by atoms with Crippen molar-refractivity contribution in [3.63, 3.8) is 0 Å². The molecule has 0 saturated heterocycles. The molecule has 2 N–H and O–H groups in total. The average Bonchev–Trinajstić information content (AvgIpc) is 2.34. The normalized spacial score (nSPS) is 11.1. The van der Waals surface area contributed by atoms with Crippen LogP contribution < -0.4 is 0 Å². The van der Waals surface area contributed by atoms with E-state index in [0.29, 0.717) is 12.3 Å². The third-order valence-electron chi connectivity index (χ3n) is 2.05. The lowest BCUT2D eigenvalue weighted by Crippen LogP contribution is -1.98. The summed E-state index contributed by atoms with van der Waals surface area (Å²) in [6.07, 6.45) is 0.704. The zero-order chi connectivity index (χ0) is 9.14. The van der Waals surface area contributed by atoms with Crippen molar-refractivity contribution in [2.24, 2.45) is 0 Å². The Balaban J connectivity index is 2.95. The molecule has 0 aromatic carbocycles. The van der Waals surface area contributed by atoms with E-state index in [0.717, 1.165) is 11.4 Å². The van der Waals surface area contributed by atoms with Crippen molar-refractivity contribution in [2.75, 3.05) is 6.61 Å². The number of nitrogens with one attached hydrogen (secondary N) is 1. The van der Waals surface area contributed by atoms with Gasteiger partial charge in [0.25, 0.3) is 0 Å². The standard InChI is InChI=1S/C9H16N2O/c1-6(2)9-8(4-5-12)7(3)10-11-9/h6,12H,4-5H2,1-3H3,(H,10,11). The molecule has 3 nitrogen and oxygen atoms in total. The van der Waals surface area contributed by atoms with Crippen LogP contribution in [0.1, 0.15) is 36.7 Å². The van der Waals surface area contributed by atoms with Crippen LogP contribution in [0.3, 0.4) is 0 Å². The molecule has 1 rings (SSSR count). The van der Waals surface area contributed by atoms with Gasteiger partial charge >= 0.3 is 0 Å². The SMILES string of the molecule is Cc1n[nH]c(C(C)C)c1CCO.